The Balaban J connectivity index is 1.66. The predicted octanol–water partition coefficient (Wildman–Crippen LogP) is 5.55. The highest BCUT2D eigenvalue weighted by molar-refractivity contribution is 14.1. The van der Waals surface area contributed by atoms with Crippen molar-refractivity contribution in [3.05, 3.63) is 98.9 Å². The summed E-state index contributed by atoms with van der Waals surface area (Å²) in [5, 5.41) is 12.1. The van der Waals surface area contributed by atoms with Crippen LogP contribution in [-0.2, 0) is 11.4 Å². The molecule has 0 spiro atoms. The summed E-state index contributed by atoms with van der Waals surface area (Å²) >= 11 is 2.15. The van der Waals surface area contributed by atoms with Crippen LogP contribution in [-0.4, -0.2) is 5.91 Å². The van der Waals surface area contributed by atoms with Gasteiger partial charge in [-0.15, -0.1) is 0 Å². The van der Waals surface area contributed by atoms with E-state index in [0.717, 1.165) is 3.57 Å². The Morgan fingerprint density at radius 3 is 2.55 bits per heavy atom. The second-order valence-corrected chi connectivity index (χ2v) is 7.33. The van der Waals surface area contributed by atoms with Crippen molar-refractivity contribution in [3.8, 4) is 11.8 Å². The minimum absolute atomic E-state index is 0.0103. The van der Waals surface area contributed by atoms with E-state index in [1.165, 1.54) is 12.1 Å². The number of anilines is 1. The zero-order valence-corrected chi connectivity index (χ0v) is 17.4. The number of nitrogens with one attached hydrogen (secondary N) is 1. The molecule has 0 saturated carbocycles. The summed E-state index contributed by atoms with van der Waals surface area (Å²) in [5.41, 5.74) is 1.76. The van der Waals surface area contributed by atoms with E-state index in [2.05, 4.69) is 27.9 Å². The van der Waals surface area contributed by atoms with E-state index >= 15 is 0 Å². The molecule has 0 atom stereocenters. The first-order valence-electron chi connectivity index (χ1n) is 8.70. The third kappa shape index (κ3) is 5.90. The number of amides is 1. The molecule has 0 aliphatic rings. The summed E-state index contributed by atoms with van der Waals surface area (Å²) in [7, 11) is 0. The van der Waals surface area contributed by atoms with Gasteiger partial charge in [-0.3, -0.25) is 4.79 Å². The van der Waals surface area contributed by atoms with Crippen LogP contribution in [0.25, 0.3) is 6.08 Å². The van der Waals surface area contributed by atoms with Crippen molar-refractivity contribution < 1.29 is 13.9 Å². The van der Waals surface area contributed by atoms with Crippen LogP contribution in [0, 0.1) is 20.7 Å². The van der Waals surface area contributed by atoms with E-state index in [1.807, 2.05) is 24.3 Å². The highest BCUT2D eigenvalue weighted by Crippen LogP contribution is 2.18. The van der Waals surface area contributed by atoms with E-state index in [-0.39, 0.29) is 18.0 Å². The van der Waals surface area contributed by atoms with Crippen LogP contribution >= 0.6 is 22.6 Å². The summed E-state index contributed by atoms with van der Waals surface area (Å²) in [4.78, 5) is 12.4. The van der Waals surface area contributed by atoms with Crippen molar-refractivity contribution in [1.29, 1.82) is 5.26 Å². The molecule has 0 fully saturated rings. The molecule has 0 heterocycles. The number of ether oxygens (including phenoxy) is 1. The molecule has 3 aromatic rings. The Kier molecular flexibility index (Phi) is 6.98. The van der Waals surface area contributed by atoms with E-state index in [4.69, 9.17) is 4.74 Å². The molecule has 4 nitrogen and oxygen atoms in total. The van der Waals surface area contributed by atoms with Gasteiger partial charge in [-0.1, -0.05) is 36.4 Å². The topological polar surface area (TPSA) is 62.1 Å². The predicted molar refractivity (Wildman–Crippen MR) is 119 cm³/mol. The van der Waals surface area contributed by atoms with Crippen molar-refractivity contribution in [2.24, 2.45) is 0 Å². The molecule has 3 rings (SSSR count). The fourth-order valence-electron chi connectivity index (χ4n) is 2.52. The molecule has 0 bridgehead atoms. The Morgan fingerprint density at radius 1 is 1.10 bits per heavy atom. The Labute approximate surface area is 181 Å². The van der Waals surface area contributed by atoms with Crippen LogP contribution in [0.1, 0.15) is 11.1 Å². The number of nitriles is 1. The zero-order valence-electron chi connectivity index (χ0n) is 15.2. The van der Waals surface area contributed by atoms with Crippen LogP contribution in [0.4, 0.5) is 10.1 Å². The number of carbonyl (C=O) groups is 1. The summed E-state index contributed by atoms with van der Waals surface area (Å²) in [6, 6.07) is 22.5. The van der Waals surface area contributed by atoms with Gasteiger partial charge >= 0.3 is 0 Å². The van der Waals surface area contributed by atoms with Gasteiger partial charge in [0.05, 0.1) is 0 Å². The maximum absolute atomic E-state index is 13.6. The zero-order chi connectivity index (χ0) is 20.6. The third-order valence-electron chi connectivity index (χ3n) is 3.99. The number of rotatable bonds is 6. The Morgan fingerprint density at radius 2 is 1.86 bits per heavy atom. The SMILES string of the molecule is N#C/C(=C\c1ccc(OCc2ccccc2F)cc1)C(=O)Nc1cccc(I)c1. The van der Waals surface area contributed by atoms with Crippen molar-refractivity contribution in [2.45, 2.75) is 6.61 Å². The summed E-state index contributed by atoms with van der Waals surface area (Å²) in [6.07, 6.45) is 1.50. The number of carbonyl (C=O) groups excluding carboxylic acids is 1. The molecule has 0 unspecified atom stereocenters. The molecular weight excluding hydrogens is 482 g/mol. The lowest BCUT2D eigenvalue weighted by atomic mass is 10.1. The van der Waals surface area contributed by atoms with Crippen molar-refractivity contribution >= 4 is 40.3 Å². The van der Waals surface area contributed by atoms with E-state index in [1.54, 1.807) is 48.5 Å². The second-order valence-electron chi connectivity index (χ2n) is 6.08. The average molecular weight is 498 g/mol. The van der Waals surface area contributed by atoms with Crippen LogP contribution in [0.2, 0.25) is 0 Å². The third-order valence-corrected chi connectivity index (χ3v) is 4.66. The Hall–Kier alpha value is -3.18. The van der Waals surface area contributed by atoms with E-state index < -0.39 is 5.91 Å². The molecule has 29 heavy (non-hydrogen) atoms. The lowest BCUT2D eigenvalue weighted by Gasteiger charge is -2.08. The molecule has 0 radical (unpaired) electrons. The van der Waals surface area contributed by atoms with Crippen LogP contribution < -0.4 is 10.1 Å². The van der Waals surface area contributed by atoms with Gasteiger partial charge in [0.1, 0.15) is 29.8 Å². The summed E-state index contributed by atoms with van der Waals surface area (Å²) < 4.78 is 20.2. The highest BCUT2D eigenvalue weighted by atomic mass is 127. The highest BCUT2D eigenvalue weighted by Gasteiger charge is 2.10. The first-order valence-corrected chi connectivity index (χ1v) is 9.78. The molecule has 6 heteroatoms. The lowest BCUT2D eigenvalue weighted by molar-refractivity contribution is -0.112. The normalized spacial score (nSPS) is 10.9. The fraction of sp³-hybridized carbons (Fsp3) is 0.0435. The molecule has 3 aromatic carbocycles. The first-order chi connectivity index (χ1) is 14.0. The lowest BCUT2D eigenvalue weighted by Crippen LogP contribution is -2.13. The maximum atomic E-state index is 13.6. The molecule has 0 aromatic heterocycles. The first kappa shape index (κ1) is 20.6. The van der Waals surface area contributed by atoms with Crippen molar-refractivity contribution in [1.82, 2.24) is 0 Å². The van der Waals surface area contributed by atoms with Crippen molar-refractivity contribution in [3.63, 3.8) is 0 Å². The minimum atomic E-state index is -0.477. The standard InChI is InChI=1S/C23H16FIN2O2/c24-22-7-2-1-4-17(22)15-29-21-10-8-16(9-11-21)12-18(14-26)23(28)27-20-6-3-5-19(25)13-20/h1-13H,15H2,(H,27,28)/b18-12+. The van der Waals surface area contributed by atoms with E-state index in [9.17, 15) is 14.4 Å². The van der Waals surface area contributed by atoms with Crippen molar-refractivity contribution in [2.75, 3.05) is 5.32 Å². The molecular formula is C23H16FIN2O2. The number of nitrogens with zero attached hydrogens (tertiary/aromatic N) is 1. The minimum Gasteiger partial charge on any atom is -0.489 e. The van der Waals surface area contributed by atoms with Gasteiger partial charge in [0, 0.05) is 14.8 Å². The summed E-state index contributed by atoms with van der Waals surface area (Å²) in [6.45, 7) is 0.115. The van der Waals surface area contributed by atoms with Crippen LogP contribution in [0.5, 0.6) is 5.75 Å². The van der Waals surface area contributed by atoms with Gasteiger partial charge in [-0.05, 0) is 70.6 Å². The van der Waals surface area contributed by atoms with Crippen LogP contribution in [0.3, 0.4) is 0 Å². The molecule has 1 N–H and O–H groups in total. The number of hydrogen-bond donors (Lipinski definition) is 1. The number of halogens is 2. The molecule has 0 saturated heterocycles. The quantitative estimate of drug-likeness (QED) is 0.275. The largest absolute Gasteiger partial charge is 0.489 e. The summed E-state index contributed by atoms with van der Waals surface area (Å²) in [5.74, 6) is -0.230. The smallest absolute Gasteiger partial charge is 0.266 e. The van der Waals surface area contributed by atoms with Gasteiger partial charge in [0.15, 0.2) is 0 Å². The van der Waals surface area contributed by atoms with Crippen LogP contribution in [0.15, 0.2) is 78.4 Å². The molecule has 1 amide bonds. The maximum Gasteiger partial charge on any atom is 0.266 e. The van der Waals surface area contributed by atoms with Gasteiger partial charge in [0.25, 0.3) is 5.91 Å². The fourth-order valence-corrected chi connectivity index (χ4v) is 3.06. The molecule has 0 aliphatic carbocycles. The molecule has 144 valence electrons. The Bertz CT molecular complexity index is 1090. The van der Waals surface area contributed by atoms with Gasteiger partial charge < -0.3 is 10.1 Å². The average Bonchev–Trinajstić information content (AvgIpc) is 2.72. The molecule has 0 aliphatic heterocycles. The number of benzene rings is 3. The van der Waals surface area contributed by atoms with Gasteiger partial charge in [0.2, 0.25) is 0 Å². The van der Waals surface area contributed by atoms with Gasteiger partial charge in [-0.25, -0.2) is 4.39 Å². The second kappa shape index (κ2) is 9.85. The monoisotopic (exact) mass is 498 g/mol. The van der Waals surface area contributed by atoms with E-state index in [0.29, 0.717) is 22.6 Å². The van der Waals surface area contributed by atoms with Gasteiger partial charge in [-0.2, -0.15) is 5.26 Å². The number of hydrogen-bond acceptors (Lipinski definition) is 3.